The van der Waals surface area contributed by atoms with Crippen molar-refractivity contribution in [2.24, 2.45) is 0 Å². The molecule has 1 aromatic heterocycles. The van der Waals surface area contributed by atoms with Crippen LogP contribution in [0.4, 0.5) is 10.6 Å². The lowest BCUT2D eigenvalue weighted by atomic mass is 10.1. The Labute approximate surface area is 131 Å². The summed E-state index contributed by atoms with van der Waals surface area (Å²) in [6.45, 7) is 4.29. The number of urea groups is 1. The summed E-state index contributed by atoms with van der Waals surface area (Å²) in [7, 11) is 1.90. The number of nitrogens with zero attached hydrogens (tertiary/aromatic N) is 3. The van der Waals surface area contributed by atoms with Gasteiger partial charge in [0.1, 0.15) is 5.82 Å². The maximum atomic E-state index is 12.4. The Kier molecular flexibility index (Phi) is 5.96. The molecule has 1 saturated heterocycles. The lowest BCUT2D eigenvalue weighted by Crippen LogP contribution is -2.42. The van der Waals surface area contributed by atoms with Crippen molar-refractivity contribution in [3.8, 4) is 0 Å². The quantitative estimate of drug-likeness (QED) is 0.904. The van der Waals surface area contributed by atoms with Crippen molar-refractivity contribution in [1.82, 2.24) is 14.7 Å². The summed E-state index contributed by atoms with van der Waals surface area (Å²) in [5.74, 6) is 3.08. The fraction of sp³-hybridized carbons (Fsp3) is 0.733. The van der Waals surface area contributed by atoms with Crippen molar-refractivity contribution in [1.29, 1.82) is 0 Å². The van der Waals surface area contributed by atoms with Crippen LogP contribution in [0.1, 0.15) is 45.6 Å². The first kappa shape index (κ1) is 16.2. The first-order valence-electron chi connectivity index (χ1n) is 7.78. The van der Waals surface area contributed by atoms with E-state index in [2.05, 4.69) is 24.3 Å². The van der Waals surface area contributed by atoms with E-state index in [0.717, 1.165) is 43.0 Å². The Bertz CT molecular complexity index is 456. The van der Waals surface area contributed by atoms with Crippen LogP contribution in [0.3, 0.4) is 0 Å². The number of carbonyl (C=O) groups is 1. The van der Waals surface area contributed by atoms with Gasteiger partial charge in [0.25, 0.3) is 0 Å². The molecule has 1 atom stereocenters. The van der Waals surface area contributed by atoms with Gasteiger partial charge in [-0.3, -0.25) is 5.32 Å². The summed E-state index contributed by atoms with van der Waals surface area (Å²) in [4.78, 5) is 14.3. The van der Waals surface area contributed by atoms with Crippen LogP contribution in [0.5, 0.6) is 0 Å². The standard InChI is InChI=1S/C15H26N4OS/c1-4-5-12(2)19-14(6-9-16-19)17-15(20)18(3)13-7-10-21-11-8-13/h6,9,12-13H,4-5,7-8,10-11H2,1-3H3,(H,17,20)/t12-/m1/s1. The third kappa shape index (κ3) is 4.15. The van der Waals surface area contributed by atoms with Gasteiger partial charge in [-0.25, -0.2) is 9.48 Å². The SMILES string of the molecule is CCC[C@@H](C)n1nccc1NC(=O)N(C)C1CCSCC1. The molecular weight excluding hydrogens is 284 g/mol. The average Bonchev–Trinajstić information content (AvgIpc) is 2.95. The molecule has 0 spiro atoms. The van der Waals surface area contributed by atoms with Gasteiger partial charge in [0, 0.05) is 19.2 Å². The van der Waals surface area contributed by atoms with E-state index in [9.17, 15) is 4.79 Å². The summed E-state index contributed by atoms with van der Waals surface area (Å²) in [6, 6.07) is 2.50. The number of aromatic nitrogens is 2. The highest BCUT2D eigenvalue weighted by Gasteiger charge is 2.23. The molecule has 0 radical (unpaired) electrons. The molecule has 0 aliphatic carbocycles. The van der Waals surface area contributed by atoms with Crippen LogP contribution in [-0.4, -0.2) is 45.3 Å². The molecule has 0 bridgehead atoms. The van der Waals surface area contributed by atoms with Gasteiger partial charge >= 0.3 is 6.03 Å². The monoisotopic (exact) mass is 310 g/mol. The minimum atomic E-state index is -0.0302. The molecule has 1 aliphatic heterocycles. The Balaban J connectivity index is 1.97. The van der Waals surface area contributed by atoms with Crippen molar-refractivity contribution < 1.29 is 4.79 Å². The van der Waals surface area contributed by atoms with E-state index in [0.29, 0.717) is 12.1 Å². The van der Waals surface area contributed by atoms with Crippen LogP contribution < -0.4 is 5.32 Å². The van der Waals surface area contributed by atoms with Crippen molar-refractivity contribution in [2.45, 2.75) is 51.6 Å². The molecule has 0 aromatic carbocycles. The maximum Gasteiger partial charge on any atom is 0.322 e. The Morgan fingerprint density at radius 2 is 2.29 bits per heavy atom. The Morgan fingerprint density at radius 1 is 1.57 bits per heavy atom. The van der Waals surface area contributed by atoms with Gasteiger partial charge in [0.05, 0.1) is 12.2 Å². The second-order valence-corrected chi connectivity index (χ2v) is 6.91. The number of thioether (sulfide) groups is 1. The van der Waals surface area contributed by atoms with Crippen LogP contribution in [0.2, 0.25) is 0 Å². The second-order valence-electron chi connectivity index (χ2n) is 5.68. The molecule has 2 heterocycles. The predicted molar refractivity (Wildman–Crippen MR) is 89.0 cm³/mol. The number of nitrogens with one attached hydrogen (secondary N) is 1. The number of hydrogen-bond donors (Lipinski definition) is 1. The van der Waals surface area contributed by atoms with E-state index in [1.807, 2.05) is 34.5 Å². The summed E-state index contributed by atoms with van der Waals surface area (Å²) in [6.07, 6.45) is 6.08. The van der Waals surface area contributed by atoms with Gasteiger partial charge in [-0.1, -0.05) is 13.3 Å². The topological polar surface area (TPSA) is 50.2 Å². The molecule has 0 unspecified atom stereocenters. The first-order chi connectivity index (χ1) is 10.1. The number of anilines is 1. The zero-order valence-electron chi connectivity index (χ0n) is 13.2. The molecule has 2 amide bonds. The van der Waals surface area contributed by atoms with Gasteiger partial charge in [-0.15, -0.1) is 0 Å². The van der Waals surface area contributed by atoms with Crippen molar-refractivity contribution >= 4 is 23.6 Å². The zero-order valence-corrected chi connectivity index (χ0v) is 14.0. The molecule has 0 saturated carbocycles. The Hall–Kier alpha value is -1.17. The molecule has 1 aliphatic rings. The van der Waals surface area contributed by atoms with Crippen molar-refractivity contribution in [2.75, 3.05) is 23.9 Å². The number of hydrogen-bond acceptors (Lipinski definition) is 3. The van der Waals surface area contributed by atoms with Crippen LogP contribution in [0, 0.1) is 0 Å². The summed E-state index contributed by atoms with van der Waals surface area (Å²) >= 11 is 1.97. The van der Waals surface area contributed by atoms with Gasteiger partial charge < -0.3 is 4.90 Å². The maximum absolute atomic E-state index is 12.4. The molecule has 1 aromatic rings. The second kappa shape index (κ2) is 7.73. The zero-order chi connectivity index (χ0) is 15.2. The van der Waals surface area contributed by atoms with Crippen LogP contribution in [0.15, 0.2) is 12.3 Å². The molecular formula is C15H26N4OS. The lowest BCUT2D eigenvalue weighted by molar-refractivity contribution is 0.200. The smallest absolute Gasteiger partial charge is 0.322 e. The highest BCUT2D eigenvalue weighted by Crippen LogP contribution is 2.22. The minimum Gasteiger partial charge on any atom is -0.325 e. The van der Waals surface area contributed by atoms with E-state index in [4.69, 9.17) is 0 Å². The lowest BCUT2D eigenvalue weighted by Gasteiger charge is -2.31. The predicted octanol–water partition coefficient (Wildman–Crippen LogP) is 3.60. The van der Waals surface area contributed by atoms with Crippen LogP contribution in [0.25, 0.3) is 0 Å². The van der Waals surface area contributed by atoms with Gasteiger partial charge in [0.15, 0.2) is 0 Å². The first-order valence-corrected chi connectivity index (χ1v) is 8.94. The average molecular weight is 310 g/mol. The van der Waals surface area contributed by atoms with Crippen LogP contribution in [-0.2, 0) is 0 Å². The number of carbonyl (C=O) groups excluding carboxylic acids is 1. The van der Waals surface area contributed by atoms with E-state index in [1.54, 1.807) is 6.20 Å². The van der Waals surface area contributed by atoms with Gasteiger partial charge in [-0.2, -0.15) is 16.9 Å². The molecule has 118 valence electrons. The summed E-state index contributed by atoms with van der Waals surface area (Å²) < 4.78 is 1.91. The molecule has 1 fully saturated rings. The minimum absolute atomic E-state index is 0.0302. The van der Waals surface area contributed by atoms with Crippen molar-refractivity contribution in [3.05, 3.63) is 12.3 Å². The molecule has 1 N–H and O–H groups in total. The van der Waals surface area contributed by atoms with Gasteiger partial charge in [0.2, 0.25) is 0 Å². The summed E-state index contributed by atoms with van der Waals surface area (Å²) in [5.41, 5.74) is 0. The molecule has 21 heavy (non-hydrogen) atoms. The third-order valence-electron chi connectivity index (χ3n) is 4.09. The van der Waals surface area contributed by atoms with Crippen LogP contribution >= 0.6 is 11.8 Å². The van der Waals surface area contributed by atoms with E-state index >= 15 is 0 Å². The number of rotatable bonds is 5. The number of amides is 2. The largest absolute Gasteiger partial charge is 0.325 e. The fourth-order valence-electron chi connectivity index (χ4n) is 2.74. The highest BCUT2D eigenvalue weighted by molar-refractivity contribution is 7.99. The molecule has 2 rings (SSSR count). The van der Waals surface area contributed by atoms with E-state index in [-0.39, 0.29) is 6.03 Å². The van der Waals surface area contributed by atoms with E-state index < -0.39 is 0 Å². The normalized spacial score (nSPS) is 17.5. The molecule has 5 nitrogen and oxygen atoms in total. The molecule has 6 heteroatoms. The summed E-state index contributed by atoms with van der Waals surface area (Å²) in [5, 5.41) is 7.35. The third-order valence-corrected chi connectivity index (χ3v) is 5.14. The highest BCUT2D eigenvalue weighted by atomic mass is 32.2. The fourth-order valence-corrected chi connectivity index (χ4v) is 3.82. The van der Waals surface area contributed by atoms with E-state index in [1.165, 1.54) is 0 Å². The van der Waals surface area contributed by atoms with Gasteiger partial charge in [-0.05, 0) is 37.7 Å². The van der Waals surface area contributed by atoms with Crippen molar-refractivity contribution in [3.63, 3.8) is 0 Å². The Morgan fingerprint density at radius 3 is 2.95 bits per heavy atom.